The van der Waals surface area contributed by atoms with Crippen LogP contribution in [0.25, 0.3) is 0 Å². The molecule has 0 atom stereocenters. The number of Topliss-reactive ketones (excluding diaryl/α,β-unsaturated/α-hetero) is 1. The van der Waals surface area contributed by atoms with Crippen LogP contribution in [-0.4, -0.2) is 5.78 Å². The fourth-order valence-electron chi connectivity index (χ4n) is 1.25. The molecule has 0 heterocycles. The van der Waals surface area contributed by atoms with Gasteiger partial charge in [0.05, 0.1) is 0 Å². The first-order valence-corrected chi connectivity index (χ1v) is 5.33. The van der Waals surface area contributed by atoms with Gasteiger partial charge in [-0.2, -0.15) is 0 Å². The topological polar surface area (TPSA) is 17.1 Å². The number of unbranched alkanes of at least 4 members (excludes halogenated alkanes) is 4. The van der Waals surface area contributed by atoms with E-state index in [1.807, 2.05) is 0 Å². The molecule has 1 heteroatoms. The third-order valence-electron chi connectivity index (χ3n) is 2.12. The Bertz CT molecular complexity index is 108. The van der Waals surface area contributed by atoms with Crippen LogP contribution < -0.4 is 0 Å². The first kappa shape index (κ1) is 11.7. The van der Waals surface area contributed by atoms with Gasteiger partial charge in [0, 0.05) is 12.8 Å². The largest absolute Gasteiger partial charge is 0.300 e. The predicted molar refractivity (Wildman–Crippen MR) is 53.3 cm³/mol. The molecular formula is C11H22O. The van der Waals surface area contributed by atoms with Gasteiger partial charge >= 0.3 is 0 Å². The highest BCUT2D eigenvalue weighted by Crippen LogP contribution is 2.06. The van der Waals surface area contributed by atoms with E-state index in [0.717, 1.165) is 32.1 Å². The van der Waals surface area contributed by atoms with Crippen molar-refractivity contribution in [2.45, 2.75) is 65.2 Å². The molecule has 0 aliphatic heterocycles. The molecule has 72 valence electrons. The molecule has 0 rings (SSSR count). The zero-order valence-electron chi connectivity index (χ0n) is 8.57. The summed E-state index contributed by atoms with van der Waals surface area (Å²) in [5.74, 6) is 0.466. The third kappa shape index (κ3) is 7.77. The minimum absolute atomic E-state index is 0.466. The Morgan fingerprint density at radius 3 is 2.00 bits per heavy atom. The molecule has 0 spiro atoms. The third-order valence-corrected chi connectivity index (χ3v) is 2.12. The van der Waals surface area contributed by atoms with Crippen molar-refractivity contribution in [1.29, 1.82) is 0 Å². The van der Waals surface area contributed by atoms with Crippen LogP contribution in [0, 0.1) is 0 Å². The summed E-state index contributed by atoms with van der Waals surface area (Å²) >= 11 is 0. The van der Waals surface area contributed by atoms with E-state index in [9.17, 15) is 4.79 Å². The second kappa shape index (κ2) is 8.76. The summed E-state index contributed by atoms with van der Waals surface area (Å²) in [4.78, 5) is 11.2. The number of ketones is 1. The highest BCUT2D eigenvalue weighted by atomic mass is 16.1. The second-order valence-corrected chi connectivity index (χ2v) is 3.45. The van der Waals surface area contributed by atoms with Crippen LogP contribution in [0.2, 0.25) is 0 Å². The molecule has 0 aromatic carbocycles. The monoisotopic (exact) mass is 170 g/mol. The molecule has 0 bridgehead atoms. The van der Waals surface area contributed by atoms with Gasteiger partial charge in [0.15, 0.2) is 0 Å². The van der Waals surface area contributed by atoms with Gasteiger partial charge in [0.1, 0.15) is 5.78 Å². The van der Waals surface area contributed by atoms with E-state index in [4.69, 9.17) is 0 Å². The minimum atomic E-state index is 0.466. The highest BCUT2D eigenvalue weighted by molar-refractivity contribution is 5.78. The molecule has 0 radical (unpaired) electrons. The van der Waals surface area contributed by atoms with Gasteiger partial charge in [0.25, 0.3) is 0 Å². The zero-order chi connectivity index (χ0) is 9.23. The van der Waals surface area contributed by atoms with Crippen LogP contribution in [0.3, 0.4) is 0 Å². The van der Waals surface area contributed by atoms with Crippen LogP contribution in [0.4, 0.5) is 0 Å². The summed E-state index contributed by atoms with van der Waals surface area (Å²) in [6, 6.07) is 0. The van der Waals surface area contributed by atoms with Crippen molar-refractivity contribution < 1.29 is 4.79 Å². The minimum Gasteiger partial charge on any atom is -0.300 e. The smallest absolute Gasteiger partial charge is 0.132 e. The summed E-state index contributed by atoms with van der Waals surface area (Å²) in [7, 11) is 0. The molecule has 0 aliphatic rings. The van der Waals surface area contributed by atoms with Gasteiger partial charge in [-0.1, -0.05) is 39.5 Å². The molecule has 0 aliphatic carbocycles. The molecule has 0 aromatic rings. The lowest BCUT2D eigenvalue weighted by atomic mass is 10.1. The van der Waals surface area contributed by atoms with Crippen molar-refractivity contribution in [2.24, 2.45) is 0 Å². The SMILES string of the molecule is CCCCCCC(=O)CCCC. The Kier molecular flexibility index (Phi) is 8.52. The summed E-state index contributed by atoms with van der Waals surface area (Å²) in [5.41, 5.74) is 0. The maximum Gasteiger partial charge on any atom is 0.132 e. The molecule has 0 N–H and O–H groups in total. The lowest BCUT2D eigenvalue weighted by Crippen LogP contribution is -1.96. The molecule has 0 amide bonds. The molecule has 12 heavy (non-hydrogen) atoms. The molecule has 0 aromatic heterocycles. The van der Waals surface area contributed by atoms with Crippen molar-refractivity contribution in [3.63, 3.8) is 0 Å². The van der Waals surface area contributed by atoms with Crippen molar-refractivity contribution in [3.8, 4) is 0 Å². The molecule has 0 saturated heterocycles. The molecule has 0 saturated carbocycles. The van der Waals surface area contributed by atoms with Crippen molar-refractivity contribution in [1.82, 2.24) is 0 Å². The lowest BCUT2D eigenvalue weighted by Gasteiger charge is -1.98. The van der Waals surface area contributed by atoms with E-state index in [2.05, 4.69) is 13.8 Å². The molecular weight excluding hydrogens is 148 g/mol. The number of hydrogen-bond donors (Lipinski definition) is 0. The van der Waals surface area contributed by atoms with E-state index >= 15 is 0 Å². The van der Waals surface area contributed by atoms with Gasteiger partial charge in [-0.25, -0.2) is 0 Å². The predicted octanol–water partition coefficient (Wildman–Crippen LogP) is 3.72. The van der Waals surface area contributed by atoms with Gasteiger partial charge in [-0.05, 0) is 12.8 Å². The maximum atomic E-state index is 11.2. The summed E-state index contributed by atoms with van der Waals surface area (Å²) in [6.07, 6.45) is 8.71. The fraction of sp³-hybridized carbons (Fsp3) is 0.909. The molecule has 0 unspecified atom stereocenters. The highest BCUT2D eigenvalue weighted by Gasteiger charge is 1.99. The van der Waals surface area contributed by atoms with Crippen molar-refractivity contribution >= 4 is 5.78 Å². The summed E-state index contributed by atoms with van der Waals surface area (Å²) in [5, 5.41) is 0. The quantitative estimate of drug-likeness (QED) is 0.507. The van der Waals surface area contributed by atoms with Gasteiger partial charge in [0.2, 0.25) is 0 Å². The number of carbonyl (C=O) groups excluding carboxylic acids is 1. The van der Waals surface area contributed by atoms with Gasteiger partial charge in [-0.3, -0.25) is 4.79 Å². The fourth-order valence-corrected chi connectivity index (χ4v) is 1.25. The first-order valence-electron chi connectivity index (χ1n) is 5.33. The zero-order valence-corrected chi connectivity index (χ0v) is 8.57. The van der Waals surface area contributed by atoms with Crippen LogP contribution in [0.1, 0.15) is 65.2 Å². The van der Waals surface area contributed by atoms with E-state index in [1.165, 1.54) is 19.3 Å². The van der Waals surface area contributed by atoms with Crippen LogP contribution >= 0.6 is 0 Å². The molecule has 0 fully saturated rings. The van der Waals surface area contributed by atoms with Gasteiger partial charge < -0.3 is 0 Å². The molecule has 1 nitrogen and oxygen atoms in total. The van der Waals surface area contributed by atoms with Gasteiger partial charge in [-0.15, -0.1) is 0 Å². The summed E-state index contributed by atoms with van der Waals surface area (Å²) < 4.78 is 0. The van der Waals surface area contributed by atoms with Crippen LogP contribution in [-0.2, 0) is 4.79 Å². The number of hydrogen-bond acceptors (Lipinski definition) is 1. The standard InChI is InChI=1S/C11H22O/c1-3-5-7-8-10-11(12)9-6-4-2/h3-10H2,1-2H3. The Labute approximate surface area is 76.6 Å². The van der Waals surface area contributed by atoms with Crippen molar-refractivity contribution in [2.75, 3.05) is 0 Å². The van der Waals surface area contributed by atoms with Crippen LogP contribution in [0.5, 0.6) is 0 Å². The average Bonchev–Trinajstić information content (AvgIpc) is 2.09. The average molecular weight is 170 g/mol. The Hall–Kier alpha value is -0.330. The Morgan fingerprint density at radius 2 is 1.42 bits per heavy atom. The van der Waals surface area contributed by atoms with E-state index in [-0.39, 0.29) is 0 Å². The van der Waals surface area contributed by atoms with Crippen molar-refractivity contribution in [3.05, 3.63) is 0 Å². The normalized spacial score (nSPS) is 10.2. The Morgan fingerprint density at radius 1 is 0.833 bits per heavy atom. The van der Waals surface area contributed by atoms with E-state index < -0.39 is 0 Å². The van der Waals surface area contributed by atoms with E-state index in [1.54, 1.807) is 0 Å². The van der Waals surface area contributed by atoms with E-state index in [0.29, 0.717) is 5.78 Å². The lowest BCUT2D eigenvalue weighted by molar-refractivity contribution is -0.119. The maximum absolute atomic E-state index is 11.2. The second-order valence-electron chi connectivity index (χ2n) is 3.45. The van der Waals surface area contributed by atoms with Crippen LogP contribution in [0.15, 0.2) is 0 Å². The first-order chi connectivity index (χ1) is 5.81. The number of rotatable bonds is 8. The Balaban J connectivity index is 3.08. The number of carbonyl (C=O) groups is 1. The summed E-state index contributed by atoms with van der Waals surface area (Å²) in [6.45, 7) is 4.32.